The van der Waals surface area contributed by atoms with E-state index in [9.17, 15) is 22.4 Å². The summed E-state index contributed by atoms with van der Waals surface area (Å²) in [5.74, 6) is -1.50. The Bertz CT molecular complexity index is 1130. The van der Waals surface area contributed by atoms with Crippen LogP contribution in [0.5, 0.6) is 0 Å². The first kappa shape index (κ1) is 25.9. The molecule has 0 fully saturated rings. The Morgan fingerprint density at radius 1 is 1.00 bits per heavy atom. The zero-order valence-corrected chi connectivity index (χ0v) is 18.6. The van der Waals surface area contributed by atoms with E-state index in [0.717, 1.165) is 17.2 Å². The Morgan fingerprint density at radius 2 is 1.66 bits per heavy atom. The number of rotatable bonds is 11. The van der Waals surface area contributed by atoms with Gasteiger partial charge in [0.1, 0.15) is 6.61 Å². The highest BCUT2D eigenvalue weighted by Gasteiger charge is 2.34. The summed E-state index contributed by atoms with van der Waals surface area (Å²) in [7, 11) is 0. The second-order valence-electron chi connectivity index (χ2n) is 7.76. The van der Waals surface area contributed by atoms with Crippen LogP contribution < -0.4 is 5.32 Å². The third kappa shape index (κ3) is 7.92. The highest BCUT2D eigenvalue weighted by atomic mass is 19.4. The van der Waals surface area contributed by atoms with Crippen LogP contribution in [0.1, 0.15) is 22.3 Å². The zero-order chi connectivity index (χ0) is 25.3. The monoisotopic (exact) mass is 488 g/mol. The quantitative estimate of drug-likeness (QED) is 0.209. The molecule has 9 heteroatoms. The lowest BCUT2D eigenvalue weighted by Crippen LogP contribution is -2.29. The molecule has 0 amide bonds. The second kappa shape index (κ2) is 12.1. The lowest BCUT2D eigenvalue weighted by atomic mass is 9.97. The normalized spacial score (nSPS) is 12.6. The average Bonchev–Trinajstić information content (AvgIpc) is 2.84. The molecular weight excluding hydrogens is 464 g/mol. The number of benzene rings is 3. The highest BCUT2D eigenvalue weighted by Crippen LogP contribution is 2.37. The van der Waals surface area contributed by atoms with Crippen LogP contribution in [-0.2, 0) is 35.4 Å². The third-order valence-corrected chi connectivity index (χ3v) is 5.13. The van der Waals surface area contributed by atoms with Gasteiger partial charge in [0.15, 0.2) is 0 Å². The maximum absolute atomic E-state index is 13.6. The van der Waals surface area contributed by atoms with E-state index in [0.29, 0.717) is 24.1 Å². The molecule has 184 valence electrons. The predicted octanol–water partition coefficient (Wildman–Crippen LogP) is 5.63. The molecule has 2 N–H and O–H groups in total. The molecule has 0 aliphatic rings. The maximum atomic E-state index is 13.6. The minimum absolute atomic E-state index is 0.106. The summed E-state index contributed by atoms with van der Waals surface area (Å²) >= 11 is 0. The van der Waals surface area contributed by atoms with E-state index in [1.807, 2.05) is 24.3 Å². The van der Waals surface area contributed by atoms with Crippen LogP contribution in [-0.4, -0.2) is 30.0 Å². The molecule has 35 heavy (non-hydrogen) atoms. The number of nitrogens with zero attached hydrogens (tertiary/aromatic N) is 1. The standard InChI is InChI=1S/C26H24F4N2O3/c27-24(25(33)34)16-31-15-19-8-6-18(7-9-19)12-13-32-35-17-20-10-11-22(21-4-2-1-3-5-21)23(14-20)26(28,29)30/h1-11,13-14,24,31H,12,15-17H2,(H,33,34). The summed E-state index contributed by atoms with van der Waals surface area (Å²) < 4.78 is 53.8. The molecule has 1 atom stereocenters. The number of carbonyl (C=O) groups is 1. The van der Waals surface area contributed by atoms with Crippen molar-refractivity contribution < 1.29 is 32.3 Å². The number of hydrogen-bond donors (Lipinski definition) is 2. The minimum Gasteiger partial charge on any atom is -0.479 e. The first-order chi connectivity index (χ1) is 16.7. The van der Waals surface area contributed by atoms with Crippen molar-refractivity contribution in [2.75, 3.05) is 6.54 Å². The van der Waals surface area contributed by atoms with Crippen LogP contribution >= 0.6 is 0 Å². The number of aliphatic carboxylic acids is 1. The van der Waals surface area contributed by atoms with Gasteiger partial charge >= 0.3 is 12.1 Å². The molecule has 0 spiro atoms. The van der Waals surface area contributed by atoms with Crippen molar-refractivity contribution >= 4 is 12.2 Å². The van der Waals surface area contributed by atoms with E-state index < -0.39 is 23.9 Å². The number of carboxylic acid groups (broad SMARTS) is 1. The van der Waals surface area contributed by atoms with Crippen molar-refractivity contribution in [3.05, 3.63) is 95.1 Å². The Kier molecular flexibility index (Phi) is 8.97. The number of carboxylic acids is 1. The molecule has 0 aliphatic heterocycles. The summed E-state index contributed by atoms with van der Waals surface area (Å²) in [5.41, 5.74) is 1.99. The minimum atomic E-state index is -4.50. The fourth-order valence-electron chi connectivity index (χ4n) is 3.32. The first-order valence-electron chi connectivity index (χ1n) is 10.8. The van der Waals surface area contributed by atoms with E-state index in [1.54, 1.807) is 36.4 Å². The molecule has 3 rings (SSSR count). The molecule has 0 heterocycles. The molecule has 5 nitrogen and oxygen atoms in total. The van der Waals surface area contributed by atoms with Gasteiger partial charge in [-0.1, -0.05) is 71.9 Å². The van der Waals surface area contributed by atoms with Gasteiger partial charge in [-0.3, -0.25) is 0 Å². The van der Waals surface area contributed by atoms with E-state index in [-0.39, 0.29) is 18.7 Å². The first-order valence-corrected chi connectivity index (χ1v) is 10.8. The van der Waals surface area contributed by atoms with Gasteiger partial charge in [0.2, 0.25) is 6.17 Å². The summed E-state index contributed by atoms with van der Waals surface area (Å²) in [4.78, 5) is 15.6. The van der Waals surface area contributed by atoms with Gasteiger partial charge in [0, 0.05) is 25.7 Å². The summed E-state index contributed by atoms with van der Waals surface area (Å²) in [6.45, 7) is -0.0557. The molecule has 0 aliphatic carbocycles. The Morgan fingerprint density at radius 3 is 2.31 bits per heavy atom. The molecule has 0 bridgehead atoms. The molecule has 3 aromatic rings. The fourth-order valence-corrected chi connectivity index (χ4v) is 3.32. The van der Waals surface area contributed by atoms with Crippen molar-refractivity contribution in [3.63, 3.8) is 0 Å². The van der Waals surface area contributed by atoms with Crippen LogP contribution in [0, 0.1) is 0 Å². The van der Waals surface area contributed by atoms with E-state index in [2.05, 4.69) is 10.5 Å². The number of hydrogen-bond acceptors (Lipinski definition) is 4. The fraction of sp³-hybridized carbons (Fsp3) is 0.231. The van der Waals surface area contributed by atoms with Crippen molar-refractivity contribution in [3.8, 4) is 11.1 Å². The Balaban J connectivity index is 1.51. The van der Waals surface area contributed by atoms with Gasteiger partial charge in [0.05, 0.1) is 5.56 Å². The number of oxime groups is 1. The second-order valence-corrected chi connectivity index (χ2v) is 7.76. The van der Waals surface area contributed by atoms with E-state index in [1.165, 1.54) is 12.3 Å². The van der Waals surface area contributed by atoms with Crippen LogP contribution in [0.3, 0.4) is 0 Å². The van der Waals surface area contributed by atoms with Crippen LogP contribution in [0.25, 0.3) is 11.1 Å². The molecule has 3 aromatic carbocycles. The van der Waals surface area contributed by atoms with Gasteiger partial charge in [-0.2, -0.15) is 13.2 Å². The van der Waals surface area contributed by atoms with Crippen molar-refractivity contribution in [2.45, 2.75) is 31.9 Å². The van der Waals surface area contributed by atoms with Crippen LogP contribution in [0.15, 0.2) is 78.0 Å². The summed E-state index contributed by atoms with van der Waals surface area (Å²) in [6, 6.07) is 19.8. The Hall–Kier alpha value is -3.72. The smallest absolute Gasteiger partial charge is 0.417 e. The molecule has 0 saturated carbocycles. The largest absolute Gasteiger partial charge is 0.479 e. The van der Waals surface area contributed by atoms with Gasteiger partial charge in [-0.25, -0.2) is 9.18 Å². The molecule has 0 radical (unpaired) electrons. The molecule has 1 unspecified atom stereocenters. The van der Waals surface area contributed by atoms with Gasteiger partial charge in [0.25, 0.3) is 0 Å². The number of nitrogens with one attached hydrogen (secondary N) is 1. The molecule has 0 aromatic heterocycles. The number of halogens is 4. The lowest BCUT2D eigenvalue weighted by molar-refractivity contribution is -0.142. The van der Waals surface area contributed by atoms with E-state index >= 15 is 0 Å². The SMILES string of the molecule is O=C(O)C(F)CNCc1ccc(CC=NOCc2ccc(-c3ccccc3)c(C(F)(F)F)c2)cc1. The molecular formula is C26H24F4N2O3. The average molecular weight is 488 g/mol. The summed E-state index contributed by atoms with van der Waals surface area (Å²) in [6.07, 6.45) is -4.50. The topological polar surface area (TPSA) is 70.9 Å². The lowest BCUT2D eigenvalue weighted by Gasteiger charge is -2.14. The van der Waals surface area contributed by atoms with E-state index in [4.69, 9.17) is 9.94 Å². The van der Waals surface area contributed by atoms with Gasteiger partial charge in [-0.15, -0.1) is 0 Å². The van der Waals surface area contributed by atoms with Crippen LogP contribution in [0.4, 0.5) is 17.6 Å². The van der Waals surface area contributed by atoms with Gasteiger partial charge in [-0.05, 0) is 33.9 Å². The van der Waals surface area contributed by atoms with Gasteiger partial charge < -0.3 is 15.3 Å². The number of alkyl halides is 4. The van der Waals surface area contributed by atoms with Crippen LogP contribution in [0.2, 0.25) is 0 Å². The van der Waals surface area contributed by atoms with Crippen molar-refractivity contribution in [1.29, 1.82) is 0 Å². The zero-order valence-electron chi connectivity index (χ0n) is 18.6. The Labute approximate surface area is 200 Å². The van der Waals surface area contributed by atoms with Crippen molar-refractivity contribution in [1.82, 2.24) is 5.32 Å². The predicted molar refractivity (Wildman–Crippen MR) is 125 cm³/mol. The maximum Gasteiger partial charge on any atom is 0.417 e. The summed E-state index contributed by atoms with van der Waals surface area (Å²) in [5, 5.41) is 15.1. The highest BCUT2D eigenvalue weighted by molar-refractivity contribution is 5.72. The molecule has 0 saturated heterocycles. The third-order valence-electron chi connectivity index (χ3n) is 5.13. The van der Waals surface area contributed by atoms with Crippen molar-refractivity contribution in [2.24, 2.45) is 5.16 Å².